The van der Waals surface area contributed by atoms with Crippen molar-refractivity contribution in [2.45, 2.75) is 38.7 Å². The summed E-state index contributed by atoms with van der Waals surface area (Å²) >= 11 is 0. The molecule has 1 aromatic carbocycles. The first-order chi connectivity index (χ1) is 12.9. The molecule has 0 aliphatic carbocycles. The Bertz CT molecular complexity index is 490. The van der Waals surface area contributed by atoms with E-state index in [1.165, 1.54) is 0 Å². The van der Waals surface area contributed by atoms with Gasteiger partial charge < -0.3 is 24.8 Å². The molecule has 6 nitrogen and oxygen atoms in total. The van der Waals surface area contributed by atoms with Crippen LogP contribution in [0.4, 0.5) is 0 Å². The zero-order chi connectivity index (χ0) is 18.3. The van der Waals surface area contributed by atoms with Crippen LogP contribution in [0, 0.1) is 0 Å². The number of hydrogen-bond acceptors (Lipinski definition) is 4. The lowest BCUT2D eigenvalue weighted by Crippen LogP contribution is -2.38. The largest absolute Gasteiger partial charge is 0.494 e. The predicted molar refractivity (Wildman–Crippen MR) is 105 cm³/mol. The number of ether oxygens (including phenoxy) is 3. The average Bonchev–Trinajstić information content (AvgIpc) is 3.18. The molecule has 1 saturated heterocycles. The molecule has 26 heavy (non-hydrogen) atoms. The van der Waals surface area contributed by atoms with Gasteiger partial charge in [-0.05, 0) is 38.3 Å². The van der Waals surface area contributed by atoms with Crippen molar-refractivity contribution in [2.75, 3.05) is 46.1 Å². The zero-order valence-electron chi connectivity index (χ0n) is 15.9. The van der Waals surface area contributed by atoms with Gasteiger partial charge in [0.1, 0.15) is 5.75 Å². The van der Waals surface area contributed by atoms with Crippen LogP contribution in [-0.4, -0.2) is 58.1 Å². The number of guanidine groups is 1. The van der Waals surface area contributed by atoms with Crippen LogP contribution in [0.3, 0.4) is 0 Å². The van der Waals surface area contributed by atoms with Gasteiger partial charge in [0.15, 0.2) is 5.96 Å². The van der Waals surface area contributed by atoms with Crippen LogP contribution in [0.2, 0.25) is 0 Å². The van der Waals surface area contributed by atoms with Crippen molar-refractivity contribution in [1.29, 1.82) is 0 Å². The van der Waals surface area contributed by atoms with Gasteiger partial charge in [0.2, 0.25) is 0 Å². The standard InChI is InChI=1S/C20H33N3O3/c1-2-21-20(22-12-7-14-24-17-19-11-6-15-26-19)23-13-8-16-25-18-9-4-3-5-10-18/h3-5,9-10,19H,2,6-8,11-17H2,1H3,(H2,21,22,23). The van der Waals surface area contributed by atoms with Crippen molar-refractivity contribution in [2.24, 2.45) is 4.99 Å². The monoisotopic (exact) mass is 363 g/mol. The molecule has 0 spiro atoms. The number of hydrogen-bond donors (Lipinski definition) is 2. The van der Waals surface area contributed by atoms with E-state index in [4.69, 9.17) is 14.2 Å². The summed E-state index contributed by atoms with van der Waals surface area (Å²) in [6.45, 7) is 7.52. The Morgan fingerprint density at radius 1 is 1.19 bits per heavy atom. The second-order valence-corrected chi connectivity index (χ2v) is 6.27. The van der Waals surface area contributed by atoms with Crippen LogP contribution in [0.15, 0.2) is 35.3 Å². The fourth-order valence-electron chi connectivity index (χ4n) is 2.68. The van der Waals surface area contributed by atoms with E-state index in [0.717, 1.165) is 76.8 Å². The molecule has 2 rings (SSSR count). The molecule has 146 valence electrons. The summed E-state index contributed by atoms with van der Waals surface area (Å²) in [6, 6.07) is 9.88. The molecular weight excluding hydrogens is 330 g/mol. The molecule has 0 aromatic heterocycles. The maximum absolute atomic E-state index is 5.68. The molecule has 2 N–H and O–H groups in total. The normalized spacial score (nSPS) is 17.3. The van der Waals surface area contributed by atoms with Crippen LogP contribution in [0.25, 0.3) is 0 Å². The topological polar surface area (TPSA) is 64.1 Å². The number of aliphatic imine (C=N–C) groups is 1. The van der Waals surface area contributed by atoms with Gasteiger partial charge in [-0.2, -0.15) is 0 Å². The quantitative estimate of drug-likeness (QED) is 0.339. The molecule has 1 atom stereocenters. The molecule has 1 aliphatic heterocycles. The highest BCUT2D eigenvalue weighted by Crippen LogP contribution is 2.11. The van der Waals surface area contributed by atoms with E-state index in [2.05, 4.69) is 22.5 Å². The molecular formula is C20H33N3O3. The molecule has 0 bridgehead atoms. The molecule has 0 amide bonds. The van der Waals surface area contributed by atoms with Crippen LogP contribution in [-0.2, 0) is 9.47 Å². The fraction of sp³-hybridized carbons (Fsp3) is 0.650. The van der Waals surface area contributed by atoms with E-state index < -0.39 is 0 Å². The van der Waals surface area contributed by atoms with Gasteiger partial charge in [0.25, 0.3) is 0 Å². The number of nitrogens with zero attached hydrogens (tertiary/aromatic N) is 1. The second kappa shape index (κ2) is 13.4. The van der Waals surface area contributed by atoms with Crippen molar-refractivity contribution in [1.82, 2.24) is 10.6 Å². The van der Waals surface area contributed by atoms with Crippen molar-refractivity contribution in [3.05, 3.63) is 30.3 Å². The Morgan fingerprint density at radius 2 is 2.08 bits per heavy atom. The highest BCUT2D eigenvalue weighted by Gasteiger charge is 2.14. The van der Waals surface area contributed by atoms with Gasteiger partial charge >= 0.3 is 0 Å². The second-order valence-electron chi connectivity index (χ2n) is 6.27. The van der Waals surface area contributed by atoms with Crippen LogP contribution >= 0.6 is 0 Å². The molecule has 6 heteroatoms. The number of benzene rings is 1. The van der Waals surface area contributed by atoms with Gasteiger partial charge in [-0.1, -0.05) is 18.2 Å². The summed E-state index contributed by atoms with van der Waals surface area (Å²) in [5.41, 5.74) is 0. The molecule has 1 unspecified atom stereocenters. The Balaban J connectivity index is 1.51. The maximum Gasteiger partial charge on any atom is 0.191 e. The molecule has 1 aliphatic rings. The van der Waals surface area contributed by atoms with Gasteiger partial charge in [0, 0.05) is 39.3 Å². The van der Waals surface area contributed by atoms with Crippen molar-refractivity contribution >= 4 is 5.96 Å². The number of para-hydroxylation sites is 1. The summed E-state index contributed by atoms with van der Waals surface area (Å²) in [5, 5.41) is 6.61. The lowest BCUT2D eigenvalue weighted by molar-refractivity contribution is 0.0168. The van der Waals surface area contributed by atoms with E-state index in [1.807, 2.05) is 30.3 Å². The first-order valence-corrected chi connectivity index (χ1v) is 9.78. The lowest BCUT2D eigenvalue weighted by Gasteiger charge is -2.12. The SMILES string of the molecule is CCNC(=NCCCOc1ccccc1)NCCCOCC1CCCO1. The minimum atomic E-state index is 0.306. The van der Waals surface area contributed by atoms with E-state index in [9.17, 15) is 0 Å². The lowest BCUT2D eigenvalue weighted by atomic mass is 10.2. The molecule has 1 heterocycles. The van der Waals surface area contributed by atoms with Crippen LogP contribution in [0.5, 0.6) is 5.75 Å². The highest BCUT2D eigenvalue weighted by atomic mass is 16.5. The smallest absolute Gasteiger partial charge is 0.191 e. The molecule has 0 radical (unpaired) electrons. The summed E-state index contributed by atoms with van der Waals surface area (Å²) in [4.78, 5) is 4.58. The Hall–Kier alpha value is -1.79. The van der Waals surface area contributed by atoms with Gasteiger partial charge in [-0.25, -0.2) is 0 Å². The van der Waals surface area contributed by atoms with E-state index in [1.54, 1.807) is 0 Å². The fourth-order valence-corrected chi connectivity index (χ4v) is 2.68. The highest BCUT2D eigenvalue weighted by molar-refractivity contribution is 5.79. The summed E-state index contributed by atoms with van der Waals surface area (Å²) in [5.74, 6) is 1.76. The molecule has 0 saturated carbocycles. The molecule has 1 aromatic rings. The Labute approximate surface area is 157 Å². The average molecular weight is 364 g/mol. The minimum absolute atomic E-state index is 0.306. The number of rotatable bonds is 12. The molecule has 1 fully saturated rings. The summed E-state index contributed by atoms with van der Waals surface area (Å²) in [6.07, 6.45) is 4.43. The Kier molecular flexibility index (Phi) is 10.6. The predicted octanol–water partition coefficient (Wildman–Crippen LogP) is 2.60. The minimum Gasteiger partial charge on any atom is -0.494 e. The van der Waals surface area contributed by atoms with Gasteiger partial charge in [0.05, 0.1) is 19.3 Å². The summed E-state index contributed by atoms with van der Waals surface area (Å²) < 4.78 is 16.9. The number of nitrogens with one attached hydrogen (secondary N) is 2. The third-order valence-corrected chi connectivity index (χ3v) is 4.01. The van der Waals surface area contributed by atoms with Crippen LogP contribution < -0.4 is 15.4 Å². The third kappa shape index (κ3) is 9.06. The maximum atomic E-state index is 5.68. The Morgan fingerprint density at radius 3 is 2.85 bits per heavy atom. The first-order valence-electron chi connectivity index (χ1n) is 9.78. The van der Waals surface area contributed by atoms with E-state index in [-0.39, 0.29) is 0 Å². The first kappa shape index (κ1) is 20.5. The van der Waals surface area contributed by atoms with Gasteiger partial charge in [-0.15, -0.1) is 0 Å². The van der Waals surface area contributed by atoms with E-state index >= 15 is 0 Å². The van der Waals surface area contributed by atoms with Crippen molar-refractivity contribution < 1.29 is 14.2 Å². The van der Waals surface area contributed by atoms with Crippen molar-refractivity contribution in [3.63, 3.8) is 0 Å². The van der Waals surface area contributed by atoms with Gasteiger partial charge in [-0.3, -0.25) is 4.99 Å². The third-order valence-electron chi connectivity index (χ3n) is 4.01. The zero-order valence-corrected chi connectivity index (χ0v) is 15.9. The van der Waals surface area contributed by atoms with Crippen LogP contribution in [0.1, 0.15) is 32.6 Å². The summed E-state index contributed by atoms with van der Waals surface area (Å²) in [7, 11) is 0. The van der Waals surface area contributed by atoms with E-state index in [0.29, 0.717) is 12.7 Å². The van der Waals surface area contributed by atoms with Crippen molar-refractivity contribution in [3.8, 4) is 5.75 Å².